The van der Waals surface area contributed by atoms with Crippen molar-refractivity contribution in [3.63, 3.8) is 0 Å². The first-order valence-electron chi connectivity index (χ1n) is 6.61. The van der Waals surface area contributed by atoms with Gasteiger partial charge in [-0.25, -0.2) is 0 Å². The molecule has 2 aromatic carbocycles. The third-order valence-corrected chi connectivity index (χ3v) is 4.08. The van der Waals surface area contributed by atoms with Crippen molar-refractivity contribution in [2.75, 3.05) is 6.54 Å². The Bertz CT molecular complexity index is 617. The fourth-order valence-corrected chi connectivity index (χ4v) is 3.05. The Kier molecular flexibility index (Phi) is 4.29. The standard InChI is InChI=1S/C16H15BrClNO/c17-13-4-5-16-12(7-13)8-15(20-16)10-19-9-11-2-1-3-14(18)6-11/h1-7,15,19H,8-10H2. The van der Waals surface area contributed by atoms with E-state index in [0.717, 1.165) is 34.8 Å². The predicted molar refractivity (Wildman–Crippen MR) is 85.4 cm³/mol. The van der Waals surface area contributed by atoms with Gasteiger partial charge < -0.3 is 10.1 Å². The number of halogens is 2. The first kappa shape index (κ1) is 13.9. The smallest absolute Gasteiger partial charge is 0.123 e. The van der Waals surface area contributed by atoms with Crippen LogP contribution in [0.3, 0.4) is 0 Å². The molecule has 0 saturated heterocycles. The zero-order valence-corrected chi connectivity index (χ0v) is 13.2. The summed E-state index contributed by atoms with van der Waals surface area (Å²) in [6, 6.07) is 14.1. The van der Waals surface area contributed by atoms with Crippen LogP contribution in [0.25, 0.3) is 0 Å². The van der Waals surface area contributed by atoms with E-state index in [1.165, 1.54) is 11.1 Å². The van der Waals surface area contributed by atoms with E-state index in [1.807, 2.05) is 30.3 Å². The third-order valence-electron chi connectivity index (χ3n) is 3.35. The minimum absolute atomic E-state index is 0.207. The second-order valence-corrected chi connectivity index (χ2v) is 6.31. The first-order valence-corrected chi connectivity index (χ1v) is 7.78. The number of benzene rings is 2. The lowest BCUT2D eigenvalue weighted by Crippen LogP contribution is -2.29. The van der Waals surface area contributed by atoms with Crippen molar-refractivity contribution in [1.82, 2.24) is 5.32 Å². The summed E-state index contributed by atoms with van der Waals surface area (Å²) < 4.78 is 7.02. The van der Waals surface area contributed by atoms with E-state index in [0.29, 0.717) is 0 Å². The topological polar surface area (TPSA) is 21.3 Å². The monoisotopic (exact) mass is 351 g/mol. The number of ether oxygens (including phenoxy) is 1. The summed E-state index contributed by atoms with van der Waals surface area (Å²) in [6.45, 7) is 1.64. The summed E-state index contributed by atoms with van der Waals surface area (Å²) in [4.78, 5) is 0. The van der Waals surface area contributed by atoms with Gasteiger partial charge in [-0.1, -0.05) is 39.7 Å². The molecular weight excluding hydrogens is 338 g/mol. The van der Waals surface area contributed by atoms with Crippen molar-refractivity contribution in [2.45, 2.75) is 19.1 Å². The van der Waals surface area contributed by atoms with Crippen LogP contribution < -0.4 is 10.1 Å². The van der Waals surface area contributed by atoms with Gasteiger partial charge in [0, 0.05) is 29.0 Å². The van der Waals surface area contributed by atoms with E-state index in [1.54, 1.807) is 0 Å². The van der Waals surface area contributed by atoms with E-state index < -0.39 is 0 Å². The van der Waals surface area contributed by atoms with E-state index in [-0.39, 0.29) is 6.10 Å². The van der Waals surface area contributed by atoms with Gasteiger partial charge in [0.1, 0.15) is 11.9 Å². The maximum absolute atomic E-state index is 5.97. The maximum Gasteiger partial charge on any atom is 0.123 e. The highest BCUT2D eigenvalue weighted by Gasteiger charge is 2.22. The van der Waals surface area contributed by atoms with Crippen LogP contribution in [0.5, 0.6) is 5.75 Å². The van der Waals surface area contributed by atoms with Crippen molar-refractivity contribution in [1.29, 1.82) is 0 Å². The molecule has 1 unspecified atom stereocenters. The Morgan fingerprint density at radius 1 is 1.25 bits per heavy atom. The molecule has 4 heteroatoms. The molecule has 2 nitrogen and oxygen atoms in total. The summed E-state index contributed by atoms with van der Waals surface area (Å²) in [5, 5.41) is 4.20. The molecule has 1 aliphatic heterocycles. The van der Waals surface area contributed by atoms with Crippen LogP contribution in [0.2, 0.25) is 5.02 Å². The van der Waals surface area contributed by atoms with Crippen LogP contribution in [0.1, 0.15) is 11.1 Å². The molecule has 0 fully saturated rings. The van der Waals surface area contributed by atoms with E-state index in [4.69, 9.17) is 16.3 Å². The summed E-state index contributed by atoms with van der Waals surface area (Å²) in [6.07, 6.45) is 1.16. The molecule has 20 heavy (non-hydrogen) atoms. The minimum Gasteiger partial charge on any atom is -0.488 e. The molecule has 0 bridgehead atoms. The highest BCUT2D eigenvalue weighted by Crippen LogP contribution is 2.30. The second kappa shape index (κ2) is 6.17. The number of hydrogen-bond donors (Lipinski definition) is 1. The van der Waals surface area contributed by atoms with Crippen molar-refractivity contribution in [2.24, 2.45) is 0 Å². The van der Waals surface area contributed by atoms with Gasteiger partial charge in [-0.05, 0) is 41.5 Å². The van der Waals surface area contributed by atoms with Crippen molar-refractivity contribution in [3.05, 3.63) is 63.1 Å². The third kappa shape index (κ3) is 3.35. The van der Waals surface area contributed by atoms with Gasteiger partial charge in [-0.15, -0.1) is 0 Å². The molecule has 0 radical (unpaired) electrons. The van der Waals surface area contributed by atoms with Gasteiger partial charge in [0.25, 0.3) is 0 Å². The summed E-state index contributed by atoms with van der Waals surface area (Å²) >= 11 is 9.46. The lowest BCUT2D eigenvalue weighted by atomic mass is 10.1. The lowest BCUT2D eigenvalue weighted by molar-refractivity contribution is 0.227. The highest BCUT2D eigenvalue weighted by molar-refractivity contribution is 9.10. The molecule has 0 spiro atoms. The number of nitrogens with one attached hydrogen (secondary N) is 1. The number of fused-ring (bicyclic) bond motifs is 1. The largest absolute Gasteiger partial charge is 0.488 e. The molecule has 0 aromatic heterocycles. The van der Waals surface area contributed by atoms with Gasteiger partial charge in [-0.3, -0.25) is 0 Å². The lowest BCUT2D eigenvalue weighted by Gasteiger charge is -2.12. The molecule has 104 valence electrons. The van der Waals surface area contributed by atoms with Gasteiger partial charge in [-0.2, -0.15) is 0 Å². The van der Waals surface area contributed by atoms with E-state index in [9.17, 15) is 0 Å². The van der Waals surface area contributed by atoms with Crippen molar-refractivity contribution < 1.29 is 4.74 Å². The Hall–Kier alpha value is -1.03. The zero-order chi connectivity index (χ0) is 13.9. The normalized spacial score (nSPS) is 16.8. The summed E-state index contributed by atoms with van der Waals surface area (Å²) in [5.74, 6) is 1.00. The van der Waals surface area contributed by atoms with E-state index >= 15 is 0 Å². The molecule has 1 aliphatic rings. The van der Waals surface area contributed by atoms with Gasteiger partial charge in [0.05, 0.1) is 0 Å². The second-order valence-electron chi connectivity index (χ2n) is 4.96. The summed E-state index contributed by atoms with van der Waals surface area (Å²) in [7, 11) is 0. The first-order chi connectivity index (χ1) is 9.70. The van der Waals surface area contributed by atoms with E-state index in [2.05, 4.69) is 33.4 Å². The maximum atomic E-state index is 5.97. The Morgan fingerprint density at radius 2 is 2.15 bits per heavy atom. The Labute approximate surface area is 132 Å². The van der Waals surface area contributed by atoms with Crippen molar-refractivity contribution in [3.8, 4) is 5.75 Å². The predicted octanol–water partition coefficient (Wildman–Crippen LogP) is 4.20. The van der Waals surface area contributed by atoms with Crippen LogP contribution in [0.4, 0.5) is 0 Å². The SMILES string of the molecule is Clc1cccc(CNCC2Cc3cc(Br)ccc3O2)c1. The molecule has 1 atom stereocenters. The highest BCUT2D eigenvalue weighted by atomic mass is 79.9. The molecule has 0 amide bonds. The fraction of sp³-hybridized carbons (Fsp3) is 0.250. The van der Waals surface area contributed by atoms with Gasteiger partial charge in [0.15, 0.2) is 0 Å². The van der Waals surface area contributed by atoms with Gasteiger partial charge >= 0.3 is 0 Å². The van der Waals surface area contributed by atoms with Crippen LogP contribution in [0, 0.1) is 0 Å². The molecule has 0 aliphatic carbocycles. The average Bonchev–Trinajstić information content (AvgIpc) is 2.80. The minimum atomic E-state index is 0.207. The van der Waals surface area contributed by atoms with Gasteiger partial charge in [0.2, 0.25) is 0 Å². The molecule has 0 saturated carbocycles. The van der Waals surface area contributed by atoms with Crippen LogP contribution in [-0.2, 0) is 13.0 Å². The molecular formula is C16H15BrClNO. The Morgan fingerprint density at radius 3 is 3.00 bits per heavy atom. The van der Waals surface area contributed by atoms with Crippen LogP contribution in [-0.4, -0.2) is 12.6 Å². The quantitative estimate of drug-likeness (QED) is 0.890. The number of hydrogen-bond acceptors (Lipinski definition) is 2. The average molecular weight is 353 g/mol. The molecule has 3 rings (SSSR count). The fourth-order valence-electron chi connectivity index (χ4n) is 2.43. The molecule has 2 aromatic rings. The number of rotatable bonds is 4. The molecule has 1 heterocycles. The Balaban J connectivity index is 1.51. The van der Waals surface area contributed by atoms with Crippen LogP contribution in [0.15, 0.2) is 46.9 Å². The molecule has 1 N–H and O–H groups in total. The van der Waals surface area contributed by atoms with Crippen molar-refractivity contribution >= 4 is 27.5 Å². The zero-order valence-electron chi connectivity index (χ0n) is 10.9. The summed E-state index contributed by atoms with van der Waals surface area (Å²) in [5.41, 5.74) is 2.46. The van der Waals surface area contributed by atoms with Crippen LogP contribution >= 0.6 is 27.5 Å².